The van der Waals surface area contributed by atoms with Gasteiger partial charge in [0, 0.05) is 50.6 Å². The van der Waals surface area contributed by atoms with Crippen molar-refractivity contribution in [2.45, 2.75) is 51.7 Å². The van der Waals surface area contributed by atoms with E-state index in [0.29, 0.717) is 18.6 Å². The molecule has 1 aromatic carbocycles. The predicted molar refractivity (Wildman–Crippen MR) is 135 cm³/mol. The van der Waals surface area contributed by atoms with Crippen molar-refractivity contribution in [2.24, 2.45) is 0 Å². The normalized spacial score (nSPS) is 21.7. The average Bonchev–Trinajstić information content (AvgIpc) is 2.81. The summed E-state index contributed by atoms with van der Waals surface area (Å²) in [6, 6.07) is 8.91. The van der Waals surface area contributed by atoms with Crippen molar-refractivity contribution < 1.29 is 4.79 Å². The minimum atomic E-state index is 0.137. The van der Waals surface area contributed by atoms with Crippen molar-refractivity contribution in [3.05, 3.63) is 67.0 Å². The fourth-order valence-electron chi connectivity index (χ4n) is 5.10. The van der Waals surface area contributed by atoms with Gasteiger partial charge in [-0.1, -0.05) is 35.9 Å². The van der Waals surface area contributed by atoms with E-state index in [1.807, 2.05) is 29.2 Å². The summed E-state index contributed by atoms with van der Waals surface area (Å²) in [6.45, 7) is 15.5. The number of carbonyl (C=O) groups excluding carboxylic acids is 1. The van der Waals surface area contributed by atoms with Crippen LogP contribution >= 0.6 is 0 Å². The molecule has 3 heterocycles. The molecular weight excluding hydrogens is 410 g/mol. The van der Waals surface area contributed by atoms with Crippen LogP contribution in [0.15, 0.2) is 61.2 Å². The highest BCUT2D eigenvalue weighted by Crippen LogP contribution is 2.30. The second kappa shape index (κ2) is 10.3. The molecule has 0 unspecified atom stereocenters. The van der Waals surface area contributed by atoms with E-state index in [-0.39, 0.29) is 5.91 Å². The summed E-state index contributed by atoms with van der Waals surface area (Å²) in [7, 11) is 0. The molecule has 0 spiro atoms. The highest BCUT2D eigenvalue weighted by atomic mass is 16.2. The van der Waals surface area contributed by atoms with Crippen LogP contribution in [0.3, 0.4) is 0 Å². The van der Waals surface area contributed by atoms with Gasteiger partial charge in [0.1, 0.15) is 11.6 Å². The first-order valence-corrected chi connectivity index (χ1v) is 11.9. The molecule has 0 aliphatic carbocycles. The molecule has 2 atom stereocenters. The van der Waals surface area contributed by atoms with E-state index in [1.54, 1.807) is 6.92 Å². The van der Waals surface area contributed by atoms with Crippen molar-refractivity contribution in [1.29, 1.82) is 0 Å². The van der Waals surface area contributed by atoms with Crippen LogP contribution in [0.25, 0.3) is 10.9 Å². The Hall–Kier alpha value is -2.99. The Morgan fingerprint density at radius 2 is 1.82 bits per heavy atom. The van der Waals surface area contributed by atoms with Gasteiger partial charge in [-0.15, -0.1) is 13.2 Å². The SMILES string of the molecule is C=CC[C@H]1CC(C)=C[C@H](CC=C)N1Cc1nc(N2CCN(C(C)=O)CC2)c2ccccc2n1. The lowest BCUT2D eigenvalue weighted by molar-refractivity contribution is -0.129. The van der Waals surface area contributed by atoms with E-state index in [4.69, 9.17) is 9.97 Å². The van der Waals surface area contributed by atoms with Gasteiger partial charge in [0.05, 0.1) is 12.1 Å². The van der Waals surface area contributed by atoms with Crippen LogP contribution in [0.5, 0.6) is 0 Å². The Morgan fingerprint density at radius 1 is 1.09 bits per heavy atom. The zero-order valence-corrected chi connectivity index (χ0v) is 19.9. The summed E-state index contributed by atoms with van der Waals surface area (Å²) in [5.41, 5.74) is 2.39. The first-order valence-electron chi connectivity index (χ1n) is 11.9. The molecule has 1 aromatic heterocycles. The molecule has 2 aromatic rings. The topological polar surface area (TPSA) is 52.6 Å². The molecule has 0 saturated carbocycles. The van der Waals surface area contributed by atoms with Gasteiger partial charge >= 0.3 is 0 Å². The highest BCUT2D eigenvalue weighted by molar-refractivity contribution is 5.89. The van der Waals surface area contributed by atoms with Crippen molar-refractivity contribution >= 4 is 22.6 Å². The second-order valence-corrected chi connectivity index (χ2v) is 9.13. The third-order valence-electron chi connectivity index (χ3n) is 6.75. The Bertz CT molecular complexity index is 1050. The Morgan fingerprint density at radius 3 is 2.52 bits per heavy atom. The third kappa shape index (κ3) is 5.17. The molecule has 6 heteroatoms. The molecule has 0 N–H and O–H groups in total. The lowest BCUT2D eigenvalue weighted by Crippen LogP contribution is -2.48. The lowest BCUT2D eigenvalue weighted by atomic mass is 9.92. The van der Waals surface area contributed by atoms with E-state index >= 15 is 0 Å². The van der Waals surface area contributed by atoms with Crippen molar-refractivity contribution in [3.63, 3.8) is 0 Å². The number of fused-ring (bicyclic) bond motifs is 1. The zero-order chi connectivity index (χ0) is 23.4. The number of nitrogens with zero attached hydrogens (tertiary/aromatic N) is 5. The molecule has 0 radical (unpaired) electrons. The number of carbonyl (C=O) groups is 1. The van der Waals surface area contributed by atoms with Gasteiger partial charge in [-0.25, -0.2) is 9.97 Å². The van der Waals surface area contributed by atoms with Crippen LogP contribution in [0.2, 0.25) is 0 Å². The number of para-hydroxylation sites is 1. The lowest BCUT2D eigenvalue weighted by Gasteiger charge is -2.40. The highest BCUT2D eigenvalue weighted by Gasteiger charge is 2.29. The quantitative estimate of drug-likeness (QED) is 0.594. The molecule has 33 heavy (non-hydrogen) atoms. The van der Waals surface area contributed by atoms with Crippen LogP contribution < -0.4 is 4.90 Å². The molecule has 0 bridgehead atoms. The summed E-state index contributed by atoms with van der Waals surface area (Å²) >= 11 is 0. The number of amides is 1. The van der Waals surface area contributed by atoms with Crippen molar-refractivity contribution in [2.75, 3.05) is 31.1 Å². The van der Waals surface area contributed by atoms with E-state index in [0.717, 1.165) is 68.0 Å². The van der Waals surface area contributed by atoms with E-state index in [1.165, 1.54) is 5.57 Å². The number of anilines is 1. The van der Waals surface area contributed by atoms with Crippen molar-refractivity contribution in [3.8, 4) is 0 Å². The molecule has 6 nitrogen and oxygen atoms in total. The summed E-state index contributed by atoms with van der Waals surface area (Å²) < 4.78 is 0. The predicted octanol–water partition coefficient (Wildman–Crippen LogP) is 4.34. The van der Waals surface area contributed by atoms with Crippen molar-refractivity contribution in [1.82, 2.24) is 19.8 Å². The Labute approximate surface area is 197 Å². The maximum Gasteiger partial charge on any atom is 0.219 e. The van der Waals surface area contributed by atoms with Gasteiger partial charge in [0.2, 0.25) is 5.91 Å². The Kier molecular flexibility index (Phi) is 7.23. The summed E-state index contributed by atoms with van der Waals surface area (Å²) in [5.74, 6) is 1.95. The molecule has 1 amide bonds. The molecular formula is C27H35N5O. The molecule has 174 valence electrons. The van der Waals surface area contributed by atoms with Gasteiger partial charge < -0.3 is 9.80 Å². The molecule has 4 rings (SSSR count). The first-order chi connectivity index (χ1) is 16.0. The minimum absolute atomic E-state index is 0.137. The number of hydrogen-bond donors (Lipinski definition) is 0. The largest absolute Gasteiger partial charge is 0.352 e. The smallest absolute Gasteiger partial charge is 0.219 e. The van der Waals surface area contributed by atoms with Gasteiger partial charge in [0.15, 0.2) is 0 Å². The molecule has 1 fully saturated rings. The summed E-state index contributed by atoms with van der Waals surface area (Å²) in [5, 5.41) is 1.07. The Balaban J connectivity index is 1.67. The third-order valence-corrected chi connectivity index (χ3v) is 6.75. The minimum Gasteiger partial charge on any atom is -0.352 e. The van der Waals surface area contributed by atoms with E-state index in [2.05, 4.69) is 48.1 Å². The molecule has 1 saturated heterocycles. The van der Waals surface area contributed by atoms with Gasteiger partial charge in [-0.3, -0.25) is 9.69 Å². The van der Waals surface area contributed by atoms with Gasteiger partial charge in [0.25, 0.3) is 0 Å². The van der Waals surface area contributed by atoms with Crippen LogP contribution in [-0.4, -0.2) is 63.9 Å². The first kappa shape index (κ1) is 23.2. The van der Waals surface area contributed by atoms with E-state index in [9.17, 15) is 4.79 Å². The number of aromatic nitrogens is 2. The van der Waals surface area contributed by atoms with Crippen LogP contribution in [0.1, 0.15) is 38.9 Å². The molecule has 2 aliphatic heterocycles. The summed E-state index contributed by atoms with van der Waals surface area (Å²) in [4.78, 5) is 28.6. The number of piperazine rings is 1. The van der Waals surface area contributed by atoms with Crippen LogP contribution in [0.4, 0.5) is 5.82 Å². The van der Waals surface area contributed by atoms with Crippen LogP contribution in [-0.2, 0) is 11.3 Å². The van der Waals surface area contributed by atoms with Gasteiger partial charge in [-0.05, 0) is 38.3 Å². The zero-order valence-electron chi connectivity index (χ0n) is 19.9. The number of rotatable bonds is 7. The van der Waals surface area contributed by atoms with E-state index < -0.39 is 0 Å². The fourth-order valence-corrected chi connectivity index (χ4v) is 5.10. The standard InChI is InChI=1S/C27H35N5O/c1-5-9-22-17-20(3)18-23(10-6-2)32(22)19-26-28-25-12-8-7-11-24(25)27(29-26)31-15-13-30(14-16-31)21(4)33/h5-8,11-12,17,22-23H,1-2,9-10,13-16,18-19H2,3-4H3/t22-,23-/m0/s1. The second-order valence-electron chi connectivity index (χ2n) is 9.13. The van der Waals surface area contributed by atoms with Crippen LogP contribution in [0, 0.1) is 0 Å². The monoisotopic (exact) mass is 445 g/mol. The fraction of sp³-hybridized carbons (Fsp3) is 0.444. The summed E-state index contributed by atoms with van der Waals surface area (Å²) in [6.07, 6.45) is 9.25. The maximum absolute atomic E-state index is 11.8. The molecule has 2 aliphatic rings. The average molecular weight is 446 g/mol. The maximum atomic E-state index is 11.8. The van der Waals surface area contributed by atoms with Gasteiger partial charge in [-0.2, -0.15) is 0 Å². The number of hydrogen-bond acceptors (Lipinski definition) is 5. The number of benzene rings is 1.